The zero-order valence-electron chi connectivity index (χ0n) is 11.4. The molecule has 110 valence electrons. The molecular weight excluding hydrogens is 300 g/mol. The summed E-state index contributed by atoms with van der Waals surface area (Å²) in [7, 11) is 0. The van der Waals surface area contributed by atoms with Gasteiger partial charge in [0.25, 0.3) is 5.91 Å². The molecule has 0 unspecified atom stereocenters. The first-order chi connectivity index (χ1) is 10.6. The van der Waals surface area contributed by atoms with Crippen molar-refractivity contribution in [1.29, 1.82) is 0 Å². The maximum Gasteiger partial charge on any atom is 0.317 e. The van der Waals surface area contributed by atoms with Gasteiger partial charge < -0.3 is 11.5 Å². The van der Waals surface area contributed by atoms with Gasteiger partial charge in [0, 0.05) is 15.8 Å². The molecule has 0 atom stereocenters. The Kier molecular flexibility index (Phi) is 3.48. The number of aromatic nitrogens is 1. The van der Waals surface area contributed by atoms with Gasteiger partial charge in [0.15, 0.2) is 0 Å². The average molecular weight is 312 g/mol. The smallest absolute Gasteiger partial charge is 0.317 e. The fourth-order valence-electron chi connectivity index (χ4n) is 2.23. The highest BCUT2D eigenvalue weighted by Gasteiger charge is 2.15. The van der Waals surface area contributed by atoms with Gasteiger partial charge in [0.05, 0.1) is 11.1 Å². The first kappa shape index (κ1) is 14.0. The summed E-state index contributed by atoms with van der Waals surface area (Å²) in [6.07, 6.45) is 0. The quantitative estimate of drug-likeness (QED) is 0.691. The number of thiophene rings is 1. The van der Waals surface area contributed by atoms with Crippen LogP contribution in [-0.2, 0) is 0 Å². The second-order valence-electron chi connectivity index (χ2n) is 4.59. The Morgan fingerprint density at radius 3 is 2.59 bits per heavy atom. The molecule has 0 bridgehead atoms. The van der Waals surface area contributed by atoms with Gasteiger partial charge >= 0.3 is 6.03 Å². The van der Waals surface area contributed by atoms with Crippen LogP contribution in [-0.4, -0.2) is 16.9 Å². The van der Waals surface area contributed by atoms with Gasteiger partial charge in [-0.05, 0) is 23.6 Å². The van der Waals surface area contributed by atoms with Crippen molar-refractivity contribution in [2.45, 2.75) is 0 Å². The Balaban J connectivity index is 2.30. The lowest BCUT2D eigenvalue weighted by atomic mass is 10.1. The molecular formula is C15H12N4O2S. The predicted molar refractivity (Wildman–Crippen MR) is 86.8 cm³/mol. The molecule has 7 heteroatoms. The molecule has 3 rings (SSSR count). The number of carbonyl (C=O) groups excluding carboxylic acids is 2. The highest BCUT2D eigenvalue weighted by atomic mass is 32.1. The van der Waals surface area contributed by atoms with Crippen molar-refractivity contribution < 1.29 is 9.59 Å². The van der Waals surface area contributed by atoms with Crippen LogP contribution in [0.2, 0.25) is 0 Å². The van der Waals surface area contributed by atoms with Crippen molar-refractivity contribution in [1.82, 2.24) is 4.98 Å². The normalized spacial score (nSPS) is 10.5. The molecule has 2 aromatic heterocycles. The minimum Gasteiger partial charge on any atom is -0.366 e. The number of primary amides is 2. The molecule has 3 aromatic rings. The second kappa shape index (κ2) is 5.45. The van der Waals surface area contributed by atoms with Crippen LogP contribution in [0.15, 0.2) is 41.8 Å². The lowest BCUT2D eigenvalue weighted by Crippen LogP contribution is -2.21. The molecule has 3 amide bonds. The van der Waals surface area contributed by atoms with E-state index >= 15 is 0 Å². The molecule has 0 aliphatic carbocycles. The molecule has 6 nitrogen and oxygen atoms in total. The van der Waals surface area contributed by atoms with Gasteiger partial charge in [-0.25, -0.2) is 9.78 Å². The third-order valence-electron chi connectivity index (χ3n) is 3.14. The van der Waals surface area contributed by atoms with E-state index in [1.165, 1.54) is 11.3 Å². The standard InChI is InChI=1S/C15H12N4O2S/c16-13(20)9-4-1-3-8-7-10(11-5-2-6-22-11)14(18-12(8)9)19-15(17)21/h1-7H,(H2,16,20)(H3,17,18,19,21). The molecule has 0 saturated heterocycles. The number of nitrogens with zero attached hydrogens (tertiary/aromatic N) is 1. The van der Waals surface area contributed by atoms with Crippen LogP contribution in [0.3, 0.4) is 0 Å². The van der Waals surface area contributed by atoms with E-state index in [1.807, 2.05) is 29.6 Å². The Morgan fingerprint density at radius 2 is 1.95 bits per heavy atom. The number of hydrogen-bond acceptors (Lipinski definition) is 4. The van der Waals surface area contributed by atoms with E-state index in [-0.39, 0.29) is 0 Å². The Hall–Kier alpha value is -2.93. The molecule has 0 fully saturated rings. The average Bonchev–Trinajstić information content (AvgIpc) is 2.99. The van der Waals surface area contributed by atoms with Crippen LogP contribution >= 0.6 is 11.3 Å². The summed E-state index contributed by atoms with van der Waals surface area (Å²) in [6, 6.07) is 10.1. The van der Waals surface area contributed by atoms with Crippen molar-refractivity contribution >= 4 is 40.0 Å². The van der Waals surface area contributed by atoms with Gasteiger partial charge in [-0.2, -0.15) is 0 Å². The minimum atomic E-state index is -0.721. The fourth-order valence-corrected chi connectivity index (χ4v) is 2.97. The molecule has 2 heterocycles. The molecule has 0 radical (unpaired) electrons. The van der Waals surface area contributed by atoms with Crippen LogP contribution in [0, 0.1) is 0 Å². The number of pyridine rings is 1. The number of urea groups is 1. The Morgan fingerprint density at radius 1 is 1.14 bits per heavy atom. The van der Waals surface area contributed by atoms with Crippen LogP contribution in [0.5, 0.6) is 0 Å². The molecule has 0 aliphatic heterocycles. The van der Waals surface area contributed by atoms with E-state index in [9.17, 15) is 9.59 Å². The van der Waals surface area contributed by atoms with Gasteiger partial charge in [-0.3, -0.25) is 10.1 Å². The van der Waals surface area contributed by atoms with Crippen molar-refractivity contribution in [3.8, 4) is 10.4 Å². The SMILES string of the molecule is NC(=O)Nc1nc2c(C(N)=O)cccc2cc1-c1cccs1. The van der Waals surface area contributed by atoms with Crippen LogP contribution in [0.4, 0.5) is 10.6 Å². The van der Waals surface area contributed by atoms with Gasteiger partial charge in [-0.1, -0.05) is 18.2 Å². The minimum absolute atomic E-state index is 0.294. The first-order valence-corrected chi connectivity index (χ1v) is 7.28. The number of nitrogens with one attached hydrogen (secondary N) is 1. The number of nitrogens with two attached hydrogens (primary N) is 2. The molecule has 5 N–H and O–H groups in total. The zero-order valence-corrected chi connectivity index (χ0v) is 12.2. The van der Waals surface area contributed by atoms with E-state index in [0.717, 1.165) is 15.8 Å². The molecule has 1 aromatic carbocycles. The third-order valence-corrected chi connectivity index (χ3v) is 4.04. The topological polar surface area (TPSA) is 111 Å². The molecule has 22 heavy (non-hydrogen) atoms. The summed E-state index contributed by atoms with van der Waals surface area (Å²) < 4.78 is 0. The summed E-state index contributed by atoms with van der Waals surface area (Å²) in [5.41, 5.74) is 12.0. The highest BCUT2D eigenvalue weighted by molar-refractivity contribution is 7.13. The van der Waals surface area contributed by atoms with Gasteiger partial charge in [-0.15, -0.1) is 11.3 Å². The van der Waals surface area contributed by atoms with Crippen molar-refractivity contribution in [3.05, 3.63) is 47.3 Å². The van der Waals surface area contributed by atoms with Gasteiger partial charge in [0.1, 0.15) is 5.82 Å². The second-order valence-corrected chi connectivity index (χ2v) is 5.54. The van der Waals surface area contributed by atoms with Crippen LogP contribution in [0.1, 0.15) is 10.4 Å². The lowest BCUT2D eigenvalue weighted by Gasteiger charge is -2.11. The third kappa shape index (κ3) is 2.49. The Bertz CT molecular complexity index is 875. The number of anilines is 1. The summed E-state index contributed by atoms with van der Waals surface area (Å²) >= 11 is 1.51. The van der Waals surface area contributed by atoms with E-state index in [4.69, 9.17) is 11.5 Å². The van der Waals surface area contributed by atoms with E-state index in [2.05, 4.69) is 10.3 Å². The number of carbonyl (C=O) groups is 2. The largest absolute Gasteiger partial charge is 0.366 e. The summed E-state index contributed by atoms with van der Waals surface area (Å²) in [6.45, 7) is 0. The number of fused-ring (bicyclic) bond motifs is 1. The number of benzene rings is 1. The summed E-state index contributed by atoms with van der Waals surface area (Å²) in [5.74, 6) is -0.275. The highest BCUT2D eigenvalue weighted by Crippen LogP contribution is 2.33. The van der Waals surface area contributed by atoms with Crippen LogP contribution in [0.25, 0.3) is 21.3 Å². The first-order valence-electron chi connectivity index (χ1n) is 6.40. The monoisotopic (exact) mass is 312 g/mol. The van der Waals surface area contributed by atoms with Crippen LogP contribution < -0.4 is 16.8 Å². The number of hydrogen-bond donors (Lipinski definition) is 3. The zero-order chi connectivity index (χ0) is 15.7. The summed E-state index contributed by atoms with van der Waals surface area (Å²) in [5, 5.41) is 5.19. The number of amides is 3. The van der Waals surface area contributed by atoms with E-state index < -0.39 is 11.9 Å². The molecule has 0 saturated carbocycles. The van der Waals surface area contributed by atoms with E-state index in [0.29, 0.717) is 16.9 Å². The maximum absolute atomic E-state index is 11.5. The van der Waals surface area contributed by atoms with E-state index in [1.54, 1.807) is 12.1 Å². The Labute approximate surface area is 129 Å². The van der Waals surface area contributed by atoms with Crippen molar-refractivity contribution in [3.63, 3.8) is 0 Å². The maximum atomic E-state index is 11.5. The number of para-hydroxylation sites is 1. The van der Waals surface area contributed by atoms with Gasteiger partial charge in [0.2, 0.25) is 0 Å². The van der Waals surface area contributed by atoms with Crippen molar-refractivity contribution in [2.75, 3.05) is 5.32 Å². The fraction of sp³-hybridized carbons (Fsp3) is 0. The lowest BCUT2D eigenvalue weighted by molar-refractivity contribution is 0.100. The summed E-state index contributed by atoms with van der Waals surface area (Å²) in [4.78, 5) is 28.1. The number of rotatable bonds is 3. The molecule has 0 spiro atoms. The molecule has 0 aliphatic rings. The van der Waals surface area contributed by atoms with Crippen molar-refractivity contribution in [2.24, 2.45) is 11.5 Å². The predicted octanol–water partition coefficient (Wildman–Crippen LogP) is 2.55.